The van der Waals surface area contributed by atoms with Crippen LogP contribution < -0.4 is 10.2 Å². The number of piperazine rings is 1. The largest absolute Gasteiger partial charge is 0.394 e. The summed E-state index contributed by atoms with van der Waals surface area (Å²) in [6, 6.07) is 5.81. The lowest BCUT2D eigenvalue weighted by molar-refractivity contribution is -0.146. The van der Waals surface area contributed by atoms with Crippen LogP contribution in [0.25, 0.3) is 0 Å². The van der Waals surface area contributed by atoms with Crippen molar-refractivity contribution in [2.24, 2.45) is 0 Å². The third kappa shape index (κ3) is 4.41. The molecule has 1 unspecified atom stereocenters. The lowest BCUT2D eigenvalue weighted by Gasteiger charge is -2.35. The molecule has 1 aliphatic rings. The first-order valence-electron chi connectivity index (χ1n) is 7.76. The molecule has 1 fully saturated rings. The summed E-state index contributed by atoms with van der Waals surface area (Å²) in [4.78, 5) is 27.6. The van der Waals surface area contributed by atoms with E-state index in [2.05, 4.69) is 5.32 Å². The second kappa shape index (κ2) is 7.92. The summed E-state index contributed by atoms with van der Waals surface area (Å²) in [5, 5.41) is 11.6. The topological polar surface area (TPSA) is 72.9 Å². The van der Waals surface area contributed by atoms with Crippen LogP contribution in [0, 0.1) is 5.82 Å². The van der Waals surface area contributed by atoms with Crippen molar-refractivity contribution in [1.82, 2.24) is 10.2 Å². The molecular weight excluding hydrogens is 301 g/mol. The van der Waals surface area contributed by atoms with Gasteiger partial charge in [0.05, 0.1) is 12.6 Å². The SMILES string of the molecule is CCC(CO)NC(=O)C(=O)N1CCN(c2ccc(F)cc2)CC1. The van der Waals surface area contributed by atoms with Crippen LogP contribution in [0.3, 0.4) is 0 Å². The third-order valence-corrected chi connectivity index (χ3v) is 4.00. The van der Waals surface area contributed by atoms with E-state index in [0.29, 0.717) is 32.6 Å². The normalized spacial score (nSPS) is 16.1. The Morgan fingerprint density at radius 3 is 2.35 bits per heavy atom. The van der Waals surface area contributed by atoms with Crippen LogP contribution in [-0.4, -0.2) is 60.6 Å². The van der Waals surface area contributed by atoms with Crippen LogP contribution in [0.5, 0.6) is 0 Å². The van der Waals surface area contributed by atoms with E-state index in [9.17, 15) is 14.0 Å². The monoisotopic (exact) mass is 323 g/mol. The Hall–Kier alpha value is -2.15. The number of hydrogen-bond donors (Lipinski definition) is 2. The quantitative estimate of drug-likeness (QED) is 0.785. The maximum absolute atomic E-state index is 12.9. The van der Waals surface area contributed by atoms with Gasteiger partial charge < -0.3 is 20.2 Å². The molecule has 0 aromatic heterocycles. The van der Waals surface area contributed by atoms with Gasteiger partial charge in [-0.2, -0.15) is 0 Å². The molecule has 2 amide bonds. The molecule has 2 rings (SSSR count). The Morgan fingerprint density at radius 1 is 1.22 bits per heavy atom. The van der Waals surface area contributed by atoms with Crippen molar-refractivity contribution < 1.29 is 19.1 Å². The third-order valence-electron chi connectivity index (χ3n) is 4.00. The zero-order valence-corrected chi connectivity index (χ0v) is 13.2. The highest BCUT2D eigenvalue weighted by molar-refractivity contribution is 6.35. The molecule has 7 heteroatoms. The summed E-state index contributed by atoms with van der Waals surface area (Å²) in [6.45, 7) is 3.67. The number of amides is 2. The van der Waals surface area contributed by atoms with Gasteiger partial charge in [0, 0.05) is 31.9 Å². The zero-order valence-electron chi connectivity index (χ0n) is 13.2. The average molecular weight is 323 g/mol. The number of aliphatic hydroxyl groups excluding tert-OH is 1. The van der Waals surface area contributed by atoms with E-state index >= 15 is 0 Å². The number of anilines is 1. The Balaban J connectivity index is 1.87. The Kier molecular flexibility index (Phi) is 5.92. The van der Waals surface area contributed by atoms with Gasteiger partial charge in [0.25, 0.3) is 0 Å². The summed E-state index contributed by atoms with van der Waals surface area (Å²) < 4.78 is 12.9. The zero-order chi connectivity index (χ0) is 16.8. The molecule has 6 nitrogen and oxygen atoms in total. The summed E-state index contributed by atoms with van der Waals surface area (Å²) in [5.41, 5.74) is 0.897. The fourth-order valence-corrected chi connectivity index (χ4v) is 2.49. The Labute approximate surface area is 134 Å². The van der Waals surface area contributed by atoms with Crippen molar-refractivity contribution in [3.8, 4) is 0 Å². The number of carbonyl (C=O) groups is 2. The van der Waals surface area contributed by atoms with Gasteiger partial charge >= 0.3 is 11.8 Å². The molecule has 23 heavy (non-hydrogen) atoms. The highest BCUT2D eigenvalue weighted by Crippen LogP contribution is 2.16. The number of benzene rings is 1. The van der Waals surface area contributed by atoms with Crippen molar-refractivity contribution >= 4 is 17.5 Å². The van der Waals surface area contributed by atoms with E-state index in [1.807, 2.05) is 11.8 Å². The van der Waals surface area contributed by atoms with E-state index in [4.69, 9.17) is 5.11 Å². The molecule has 1 aliphatic heterocycles. The summed E-state index contributed by atoms with van der Waals surface area (Å²) in [7, 11) is 0. The number of nitrogens with one attached hydrogen (secondary N) is 1. The molecule has 1 saturated heterocycles. The van der Waals surface area contributed by atoms with Gasteiger partial charge in [0.1, 0.15) is 5.82 Å². The van der Waals surface area contributed by atoms with Crippen LogP contribution in [0.2, 0.25) is 0 Å². The van der Waals surface area contributed by atoms with Gasteiger partial charge in [-0.3, -0.25) is 9.59 Å². The van der Waals surface area contributed by atoms with Gasteiger partial charge in [-0.15, -0.1) is 0 Å². The van der Waals surface area contributed by atoms with E-state index in [-0.39, 0.29) is 12.4 Å². The van der Waals surface area contributed by atoms with Crippen LogP contribution in [-0.2, 0) is 9.59 Å². The number of hydrogen-bond acceptors (Lipinski definition) is 4. The predicted molar refractivity (Wildman–Crippen MR) is 84.5 cm³/mol. The first kappa shape index (κ1) is 17.2. The van der Waals surface area contributed by atoms with Crippen LogP contribution in [0.4, 0.5) is 10.1 Å². The van der Waals surface area contributed by atoms with E-state index in [1.165, 1.54) is 17.0 Å². The standard InChI is InChI=1S/C16H22FN3O3/c1-2-13(11-21)18-15(22)16(23)20-9-7-19(8-10-20)14-5-3-12(17)4-6-14/h3-6,13,21H,2,7-11H2,1H3,(H,18,22). The fraction of sp³-hybridized carbons (Fsp3) is 0.500. The molecule has 0 radical (unpaired) electrons. The lowest BCUT2D eigenvalue weighted by Crippen LogP contribution is -2.54. The van der Waals surface area contributed by atoms with E-state index < -0.39 is 17.9 Å². The minimum absolute atomic E-state index is 0.187. The molecule has 1 aromatic rings. The maximum Gasteiger partial charge on any atom is 0.312 e. The Bertz CT molecular complexity index is 538. The fourth-order valence-electron chi connectivity index (χ4n) is 2.49. The van der Waals surface area contributed by atoms with E-state index in [1.54, 1.807) is 12.1 Å². The highest BCUT2D eigenvalue weighted by atomic mass is 19.1. The number of halogens is 1. The Morgan fingerprint density at radius 2 is 1.83 bits per heavy atom. The minimum atomic E-state index is -0.680. The number of nitrogens with zero attached hydrogens (tertiary/aromatic N) is 2. The summed E-state index contributed by atoms with van der Waals surface area (Å²) in [5.74, 6) is -1.54. The minimum Gasteiger partial charge on any atom is -0.394 e. The van der Waals surface area contributed by atoms with Gasteiger partial charge in [0.15, 0.2) is 0 Å². The molecule has 126 valence electrons. The number of carbonyl (C=O) groups excluding carboxylic acids is 2. The second-order valence-electron chi connectivity index (χ2n) is 5.52. The van der Waals surface area contributed by atoms with Gasteiger partial charge in [-0.1, -0.05) is 6.92 Å². The number of aliphatic hydroxyl groups is 1. The first-order valence-corrected chi connectivity index (χ1v) is 7.76. The second-order valence-corrected chi connectivity index (χ2v) is 5.52. The lowest BCUT2D eigenvalue weighted by atomic mass is 10.2. The van der Waals surface area contributed by atoms with Crippen molar-refractivity contribution in [2.45, 2.75) is 19.4 Å². The molecule has 0 bridgehead atoms. The molecule has 0 aliphatic carbocycles. The summed E-state index contributed by atoms with van der Waals surface area (Å²) in [6.07, 6.45) is 0.563. The average Bonchev–Trinajstić information content (AvgIpc) is 2.59. The van der Waals surface area contributed by atoms with Crippen molar-refractivity contribution in [3.63, 3.8) is 0 Å². The molecule has 1 atom stereocenters. The van der Waals surface area contributed by atoms with Crippen LogP contribution >= 0.6 is 0 Å². The van der Waals surface area contributed by atoms with Gasteiger partial charge in [-0.05, 0) is 30.7 Å². The molecular formula is C16H22FN3O3. The molecule has 2 N–H and O–H groups in total. The van der Waals surface area contributed by atoms with Gasteiger partial charge in [0.2, 0.25) is 0 Å². The first-order chi connectivity index (χ1) is 11.0. The smallest absolute Gasteiger partial charge is 0.312 e. The van der Waals surface area contributed by atoms with Gasteiger partial charge in [-0.25, -0.2) is 4.39 Å². The van der Waals surface area contributed by atoms with Crippen molar-refractivity contribution in [1.29, 1.82) is 0 Å². The van der Waals surface area contributed by atoms with Crippen molar-refractivity contribution in [2.75, 3.05) is 37.7 Å². The molecule has 1 heterocycles. The highest BCUT2D eigenvalue weighted by Gasteiger charge is 2.27. The van der Waals surface area contributed by atoms with Crippen LogP contribution in [0.15, 0.2) is 24.3 Å². The molecule has 0 spiro atoms. The van der Waals surface area contributed by atoms with E-state index in [0.717, 1.165) is 5.69 Å². The summed E-state index contributed by atoms with van der Waals surface area (Å²) >= 11 is 0. The van der Waals surface area contributed by atoms with Crippen molar-refractivity contribution in [3.05, 3.63) is 30.1 Å². The number of rotatable bonds is 4. The molecule has 0 saturated carbocycles. The molecule has 1 aromatic carbocycles. The predicted octanol–water partition coefficient (Wildman–Crippen LogP) is 0.361. The van der Waals surface area contributed by atoms with Crippen LogP contribution in [0.1, 0.15) is 13.3 Å². The maximum atomic E-state index is 12.9.